The van der Waals surface area contributed by atoms with E-state index in [2.05, 4.69) is 10.3 Å². The highest BCUT2D eigenvalue weighted by molar-refractivity contribution is 6.02. The van der Waals surface area contributed by atoms with Gasteiger partial charge in [-0.2, -0.15) is 0 Å². The Kier molecular flexibility index (Phi) is 6.16. The van der Waals surface area contributed by atoms with Crippen molar-refractivity contribution >= 4 is 28.5 Å². The number of nitrogens with zero attached hydrogens (tertiary/aromatic N) is 2. The number of amides is 1. The summed E-state index contributed by atoms with van der Waals surface area (Å²) in [4.78, 5) is 28.2. The lowest BCUT2D eigenvalue weighted by molar-refractivity contribution is -0.148. The van der Waals surface area contributed by atoms with Crippen LogP contribution in [0.2, 0.25) is 0 Å². The Morgan fingerprint density at radius 2 is 1.96 bits per heavy atom. The summed E-state index contributed by atoms with van der Waals surface area (Å²) >= 11 is 0. The van der Waals surface area contributed by atoms with Gasteiger partial charge in [0, 0.05) is 24.0 Å². The summed E-state index contributed by atoms with van der Waals surface area (Å²) in [6.07, 6.45) is 0. The Hall–Kier alpha value is -3.09. The highest BCUT2D eigenvalue weighted by Gasteiger charge is 2.14. The van der Waals surface area contributed by atoms with E-state index in [-0.39, 0.29) is 13.2 Å². The minimum absolute atomic E-state index is 0.0423. The fourth-order valence-corrected chi connectivity index (χ4v) is 2.64. The van der Waals surface area contributed by atoms with E-state index in [4.69, 9.17) is 10.5 Å². The van der Waals surface area contributed by atoms with Crippen molar-refractivity contribution in [3.8, 4) is 0 Å². The number of benzene rings is 1. The number of allylic oxidation sites excluding steroid dienone is 2. The first-order valence-corrected chi connectivity index (χ1v) is 8.24. The number of carbonyl (C=O) groups is 2. The second kappa shape index (κ2) is 8.33. The van der Waals surface area contributed by atoms with Crippen molar-refractivity contribution in [1.29, 1.82) is 0 Å². The van der Waals surface area contributed by atoms with E-state index in [0.717, 1.165) is 16.6 Å². The third-order valence-electron chi connectivity index (χ3n) is 4.03. The maximum absolute atomic E-state index is 12.1. The van der Waals surface area contributed by atoms with Gasteiger partial charge in [-0.3, -0.25) is 14.6 Å². The van der Waals surface area contributed by atoms with Crippen LogP contribution in [0, 0.1) is 6.92 Å². The second-order valence-corrected chi connectivity index (χ2v) is 6.01. The highest BCUT2D eigenvalue weighted by atomic mass is 16.5. The minimum atomic E-state index is -0.486. The van der Waals surface area contributed by atoms with E-state index in [1.807, 2.05) is 41.8 Å². The maximum Gasteiger partial charge on any atom is 0.326 e. The molecule has 2 rings (SSSR count). The number of ether oxygens (including phenoxy) is 1. The number of aryl methyl sites for hydroxylation is 1. The Bertz CT molecular complexity index is 889. The highest BCUT2D eigenvalue weighted by Crippen LogP contribution is 2.19. The van der Waals surface area contributed by atoms with Crippen LogP contribution in [-0.2, 0) is 20.9 Å². The SMILES string of the molecule is CN=C(C)C(NC(=O)COC(=O)Cn1c(C)cc2ccccc21)=C(C)N. The number of hydrogen-bond donors (Lipinski definition) is 2. The summed E-state index contributed by atoms with van der Waals surface area (Å²) < 4.78 is 6.96. The van der Waals surface area contributed by atoms with Gasteiger partial charge in [0.2, 0.25) is 0 Å². The monoisotopic (exact) mass is 356 g/mol. The molecule has 1 aromatic heterocycles. The van der Waals surface area contributed by atoms with Gasteiger partial charge in [-0.05, 0) is 38.3 Å². The van der Waals surface area contributed by atoms with Crippen molar-refractivity contribution in [3.05, 3.63) is 47.4 Å². The molecule has 0 bridgehead atoms. The summed E-state index contributed by atoms with van der Waals surface area (Å²) in [7, 11) is 1.61. The van der Waals surface area contributed by atoms with E-state index in [0.29, 0.717) is 17.1 Å². The predicted molar refractivity (Wildman–Crippen MR) is 102 cm³/mol. The molecule has 1 heterocycles. The molecule has 2 aromatic rings. The van der Waals surface area contributed by atoms with Gasteiger partial charge < -0.3 is 20.4 Å². The van der Waals surface area contributed by atoms with Gasteiger partial charge in [-0.25, -0.2) is 0 Å². The van der Waals surface area contributed by atoms with Gasteiger partial charge >= 0.3 is 5.97 Å². The zero-order chi connectivity index (χ0) is 19.3. The van der Waals surface area contributed by atoms with Crippen LogP contribution in [0.1, 0.15) is 19.5 Å². The van der Waals surface area contributed by atoms with Crippen LogP contribution in [0.5, 0.6) is 0 Å². The van der Waals surface area contributed by atoms with E-state index < -0.39 is 11.9 Å². The Balaban J connectivity index is 1.97. The quantitative estimate of drug-likeness (QED) is 0.610. The molecule has 0 atom stereocenters. The van der Waals surface area contributed by atoms with Gasteiger partial charge in [0.25, 0.3) is 5.91 Å². The van der Waals surface area contributed by atoms with Crippen LogP contribution >= 0.6 is 0 Å². The molecule has 0 aliphatic carbocycles. The first-order valence-electron chi connectivity index (χ1n) is 8.24. The van der Waals surface area contributed by atoms with Gasteiger partial charge in [-0.15, -0.1) is 0 Å². The molecule has 0 aliphatic heterocycles. The number of aliphatic imine (C=N–C) groups is 1. The van der Waals surface area contributed by atoms with Crippen molar-refractivity contribution in [2.45, 2.75) is 27.3 Å². The van der Waals surface area contributed by atoms with E-state index in [1.165, 1.54) is 0 Å². The van der Waals surface area contributed by atoms with Crippen LogP contribution < -0.4 is 11.1 Å². The lowest BCUT2D eigenvalue weighted by atomic mass is 10.2. The molecule has 0 saturated heterocycles. The molecule has 0 spiro atoms. The average Bonchev–Trinajstić information content (AvgIpc) is 2.92. The third kappa shape index (κ3) is 4.50. The molecule has 3 N–H and O–H groups in total. The average molecular weight is 356 g/mol. The van der Waals surface area contributed by atoms with Crippen molar-refractivity contribution in [1.82, 2.24) is 9.88 Å². The topological polar surface area (TPSA) is 98.7 Å². The summed E-state index contributed by atoms with van der Waals surface area (Å²) in [6, 6.07) is 9.79. The number of carbonyl (C=O) groups excluding carboxylic acids is 2. The molecule has 7 heteroatoms. The lowest BCUT2D eigenvalue weighted by Crippen LogP contribution is -2.33. The number of para-hydroxylation sites is 1. The predicted octanol–water partition coefficient (Wildman–Crippen LogP) is 1.89. The molecule has 0 unspecified atom stereocenters. The molecule has 26 heavy (non-hydrogen) atoms. The van der Waals surface area contributed by atoms with Crippen molar-refractivity contribution in [3.63, 3.8) is 0 Å². The maximum atomic E-state index is 12.1. The van der Waals surface area contributed by atoms with Gasteiger partial charge in [-0.1, -0.05) is 18.2 Å². The normalized spacial score (nSPS) is 12.7. The molecule has 7 nitrogen and oxygen atoms in total. The molecule has 0 fully saturated rings. The minimum Gasteiger partial charge on any atom is -0.454 e. The second-order valence-electron chi connectivity index (χ2n) is 6.01. The van der Waals surface area contributed by atoms with E-state index in [1.54, 1.807) is 20.9 Å². The van der Waals surface area contributed by atoms with Gasteiger partial charge in [0.05, 0.1) is 11.4 Å². The zero-order valence-electron chi connectivity index (χ0n) is 15.5. The first-order chi connectivity index (χ1) is 12.3. The van der Waals surface area contributed by atoms with Crippen molar-refractivity contribution in [2.24, 2.45) is 10.7 Å². The van der Waals surface area contributed by atoms with Gasteiger partial charge in [0.1, 0.15) is 6.54 Å². The molecule has 0 aliphatic rings. The lowest BCUT2D eigenvalue weighted by Gasteiger charge is -2.12. The summed E-state index contributed by atoms with van der Waals surface area (Å²) in [5.41, 5.74) is 9.11. The number of nitrogens with two attached hydrogens (primary N) is 1. The Morgan fingerprint density at radius 3 is 2.62 bits per heavy atom. The molecule has 1 amide bonds. The van der Waals surface area contributed by atoms with Gasteiger partial charge in [0.15, 0.2) is 6.61 Å². The van der Waals surface area contributed by atoms with Crippen molar-refractivity contribution < 1.29 is 14.3 Å². The number of hydrogen-bond acceptors (Lipinski definition) is 5. The smallest absolute Gasteiger partial charge is 0.326 e. The first kappa shape index (κ1) is 19.2. The standard InChI is InChI=1S/C19H24N4O3/c1-12-9-15-7-5-6-8-16(15)23(12)10-18(25)26-11-17(24)22-19(13(2)20)14(3)21-4/h5-9H,10-11,20H2,1-4H3,(H,22,24). The number of nitrogens with one attached hydrogen (secondary N) is 1. The van der Waals surface area contributed by atoms with Crippen LogP contribution in [0.4, 0.5) is 0 Å². The largest absolute Gasteiger partial charge is 0.454 e. The molecule has 138 valence electrons. The summed E-state index contributed by atoms with van der Waals surface area (Å²) in [5, 5.41) is 3.68. The number of aromatic nitrogens is 1. The number of rotatable bonds is 6. The molecular formula is C19H24N4O3. The van der Waals surface area contributed by atoms with Crippen LogP contribution in [0.15, 0.2) is 46.7 Å². The Labute approximate surface area is 152 Å². The zero-order valence-corrected chi connectivity index (χ0v) is 15.5. The summed E-state index contributed by atoms with van der Waals surface area (Å²) in [6.45, 7) is 4.98. The third-order valence-corrected chi connectivity index (χ3v) is 4.03. The van der Waals surface area contributed by atoms with Crippen LogP contribution in [-0.4, -0.2) is 35.8 Å². The molecular weight excluding hydrogens is 332 g/mol. The van der Waals surface area contributed by atoms with Crippen LogP contribution in [0.25, 0.3) is 10.9 Å². The summed E-state index contributed by atoms with van der Waals surface area (Å²) in [5.74, 6) is -0.948. The molecule has 0 radical (unpaired) electrons. The number of fused-ring (bicyclic) bond motifs is 1. The molecule has 0 saturated carbocycles. The fourth-order valence-electron chi connectivity index (χ4n) is 2.64. The molecule has 1 aromatic carbocycles. The van der Waals surface area contributed by atoms with Crippen molar-refractivity contribution in [2.75, 3.05) is 13.7 Å². The fraction of sp³-hybridized carbons (Fsp3) is 0.316. The van der Waals surface area contributed by atoms with E-state index >= 15 is 0 Å². The Morgan fingerprint density at radius 1 is 1.27 bits per heavy atom. The number of esters is 1. The van der Waals surface area contributed by atoms with Crippen LogP contribution in [0.3, 0.4) is 0 Å². The van der Waals surface area contributed by atoms with E-state index in [9.17, 15) is 9.59 Å².